The summed E-state index contributed by atoms with van der Waals surface area (Å²) in [4.78, 5) is 16.9. The van der Waals surface area contributed by atoms with Gasteiger partial charge in [-0.25, -0.2) is 0 Å². The van der Waals surface area contributed by atoms with Gasteiger partial charge in [0, 0.05) is 19.6 Å². The van der Waals surface area contributed by atoms with E-state index >= 15 is 0 Å². The zero-order valence-corrected chi connectivity index (χ0v) is 13.1. The summed E-state index contributed by atoms with van der Waals surface area (Å²) < 4.78 is 5.31. The third-order valence-electron chi connectivity index (χ3n) is 3.58. The lowest BCUT2D eigenvalue weighted by atomic mass is 10.2. The molecule has 1 aliphatic rings. The highest BCUT2D eigenvalue weighted by molar-refractivity contribution is 6.28. The normalized spacial score (nSPS) is 19.3. The molecule has 0 bridgehead atoms. The van der Waals surface area contributed by atoms with Crippen molar-refractivity contribution in [2.24, 2.45) is 0 Å². The highest BCUT2D eigenvalue weighted by atomic mass is 35.5. The molecule has 1 aliphatic heterocycles. The summed E-state index contributed by atoms with van der Waals surface area (Å²) in [6.07, 6.45) is 2.48. The molecule has 0 aromatic carbocycles. The van der Waals surface area contributed by atoms with E-state index in [2.05, 4.69) is 26.8 Å². The van der Waals surface area contributed by atoms with Crippen LogP contribution in [0.25, 0.3) is 0 Å². The van der Waals surface area contributed by atoms with E-state index in [0.29, 0.717) is 18.6 Å². The first-order valence-electron chi connectivity index (χ1n) is 7.13. The van der Waals surface area contributed by atoms with Crippen LogP contribution in [0.15, 0.2) is 0 Å². The summed E-state index contributed by atoms with van der Waals surface area (Å²) in [6, 6.07) is 0.837. The average Bonchev–Trinajstić information content (AvgIpc) is 2.85. The van der Waals surface area contributed by atoms with Crippen LogP contribution in [0.1, 0.15) is 26.7 Å². The summed E-state index contributed by atoms with van der Waals surface area (Å²) in [5.74, 6) is 0.566. The molecule has 0 radical (unpaired) electrons. The maximum atomic E-state index is 5.92. The maximum absolute atomic E-state index is 5.92. The quantitative estimate of drug-likeness (QED) is 0.799. The molecule has 1 aromatic rings. The predicted octanol–water partition coefficient (Wildman–Crippen LogP) is 1.84. The van der Waals surface area contributed by atoms with Gasteiger partial charge in [0.05, 0.1) is 6.61 Å². The van der Waals surface area contributed by atoms with Crippen LogP contribution in [-0.2, 0) is 0 Å². The lowest BCUT2D eigenvalue weighted by Crippen LogP contribution is -2.39. The van der Waals surface area contributed by atoms with Crippen LogP contribution >= 0.6 is 11.6 Å². The molecular formula is C13H22ClN5O. The third-order valence-corrected chi connectivity index (χ3v) is 3.75. The van der Waals surface area contributed by atoms with Crippen molar-refractivity contribution < 1.29 is 4.74 Å². The van der Waals surface area contributed by atoms with Crippen LogP contribution in [0.3, 0.4) is 0 Å². The highest BCUT2D eigenvalue weighted by Crippen LogP contribution is 2.20. The van der Waals surface area contributed by atoms with Gasteiger partial charge in [0.25, 0.3) is 0 Å². The standard InChI is InChI=1S/C13H22ClN5O/c1-4-19-8-6-7-10(19)9-18(3)12-15-11(14)16-13(17-12)20-5-2/h10H,4-9H2,1-3H3. The fourth-order valence-corrected chi connectivity index (χ4v) is 2.75. The molecule has 20 heavy (non-hydrogen) atoms. The second kappa shape index (κ2) is 7.04. The van der Waals surface area contributed by atoms with E-state index < -0.39 is 0 Å². The van der Waals surface area contributed by atoms with Gasteiger partial charge in [-0.05, 0) is 44.5 Å². The van der Waals surface area contributed by atoms with Crippen molar-refractivity contribution in [2.75, 3.05) is 38.2 Å². The Kier molecular flexibility index (Phi) is 5.37. The number of likely N-dealkylation sites (tertiary alicyclic amines) is 1. The zero-order valence-electron chi connectivity index (χ0n) is 12.3. The molecule has 0 N–H and O–H groups in total. The Bertz CT molecular complexity index is 445. The fourth-order valence-electron chi connectivity index (χ4n) is 2.60. The molecular weight excluding hydrogens is 278 g/mol. The van der Waals surface area contributed by atoms with Crippen molar-refractivity contribution in [3.63, 3.8) is 0 Å². The molecule has 2 rings (SSSR count). The average molecular weight is 300 g/mol. The van der Waals surface area contributed by atoms with Crippen LogP contribution in [0, 0.1) is 0 Å². The SMILES string of the molecule is CCOc1nc(Cl)nc(N(C)CC2CCCN2CC)n1. The van der Waals surface area contributed by atoms with E-state index in [1.165, 1.54) is 19.4 Å². The summed E-state index contributed by atoms with van der Waals surface area (Å²) in [7, 11) is 1.98. The lowest BCUT2D eigenvalue weighted by Gasteiger charge is -2.27. The monoisotopic (exact) mass is 299 g/mol. The Morgan fingerprint density at radius 3 is 2.85 bits per heavy atom. The van der Waals surface area contributed by atoms with Gasteiger partial charge >= 0.3 is 6.01 Å². The smallest absolute Gasteiger partial charge is 0.322 e. The first-order valence-corrected chi connectivity index (χ1v) is 7.51. The number of aromatic nitrogens is 3. The number of likely N-dealkylation sites (N-methyl/N-ethyl adjacent to an activating group) is 2. The van der Waals surface area contributed by atoms with Crippen LogP contribution in [0.2, 0.25) is 5.28 Å². The summed E-state index contributed by atoms with van der Waals surface area (Å²) >= 11 is 5.92. The summed E-state index contributed by atoms with van der Waals surface area (Å²) in [5.41, 5.74) is 0. The zero-order chi connectivity index (χ0) is 14.5. The van der Waals surface area contributed by atoms with Crippen LogP contribution in [0.5, 0.6) is 6.01 Å². The van der Waals surface area contributed by atoms with Crippen molar-refractivity contribution in [1.82, 2.24) is 19.9 Å². The summed E-state index contributed by atoms with van der Waals surface area (Å²) in [5, 5.41) is 0.170. The predicted molar refractivity (Wildman–Crippen MR) is 79.5 cm³/mol. The van der Waals surface area contributed by atoms with E-state index in [4.69, 9.17) is 16.3 Å². The topological polar surface area (TPSA) is 54.4 Å². The highest BCUT2D eigenvalue weighted by Gasteiger charge is 2.25. The van der Waals surface area contributed by atoms with Crippen molar-refractivity contribution in [2.45, 2.75) is 32.7 Å². The molecule has 1 atom stereocenters. The molecule has 1 aromatic heterocycles. The van der Waals surface area contributed by atoms with Crippen molar-refractivity contribution in [3.8, 4) is 6.01 Å². The molecule has 0 spiro atoms. The molecule has 7 heteroatoms. The van der Waals surface area contributed by atoms with Crippen LogP contribution in [0.4, 0.5) is 5.95 Å². The number of hydrogen-bond acceptors (Lipinski definition) is 6. The van der Waals surface area contributed by atoms with Crippen molar-refractivity contribution in [1.29, 1.82) is 0 Å². The Balaban J connectivity index is 2.06. The first kappa shape index (κ1) is 15.3. The largest absolute Gasteiger partial charge is 0.464 e. The molecule has 0 aliphatic carbocycles. The van der Waals surface area contributed by atoms with Crippen molar-refractivity contribution in [3.05, 3.63) is 5.28 Å². The first-order chi connectivity index (χ1) is 9.63. The maximum Gasteiger partial charge on any atom is 0.322 e. The Morgan fingerprint density at radius 1 is 1.35 bits per heavy atom. The van der Waals surface area contributed by atoms with Gasteiger partial charge in [-0.1, -0.05) is 6.92 Å². The van der Waals surface area contributed by atoms with Crippen LogP contribution < -0.4 is 9.64 Å². The van der Waals surface area contributed by atoms with E-state index in [0.717, 1.165) is 13.1 Å². The Labute approximate surface area is 125 Å². The molecule has 0 saturated carbocycles. The van der Waals surface area contributed by atoms with Gasteiger partial charge in [-0.2, -0.15) is 15.0 Å². The number of anilines is 1. The number of ether oxygens (including phenoxy) is 1. The van der Waals surface area contributed by atoms with E-state index in [9.17, 15) is 0 Å². The lowest BCUT2D eigenvalue weighted by molar-refractivity contribution is 0.269. The summed E-state index contributed by atoms with van der Waals surface area (Å²) in [6.45, 7) is 7.75. The minimum absolute atomic E-state index is 0.170. The van der Waals surface area contributed by atoms with Gasteiger partial charge in [0.1, 0.15) is 0 Å². The van der Waals surface area contributed by atoms with Gasteiger partial charge in [0.2, 0.25) is 11.2 Å². The van der Waals surface area contributed by atoms with Gasteiger partial charge in [0.15, 0.2) is 0 Å². The Hall–Kier alpha value is -1.14. The number of rotatable bonds is 6. The molecule has 6 nitrogen and oxygen atoms in total. The second-order valence-electron chi connectivity index (χ2n) is 4.93. The minimum atomic E-state index is 0.170. The molecule has 112 valence electrons. The second-order valence-corrected chi connectivity index (χ2v) is 5.26. The molecule has 1 unspecified atom stereocenters. The van der Waals surface area contributed by atoms with Crippen LogP contribution in [-0.4, -0.2) is 59.2 Å². The third kappa shape index (κ3) is 3.70. The number of nitrogens with zero attached hydrogens (tertiary/aromatic N) is 5. The fraction of sp³-hybridized carbons (Fsp3) is 0.769. The van der Waals surface area contributed by atoms with E-state index in [1.54, 1.807) is 0 Å². The van der Waals surface area contributed by atoms with Gasteiger partial charge < -0.3 is 9.64 Å². The number of halogens is 1. The molecule has 1 fully saturated rings. The number of hydrogen-bond donors (Lipinski definition) is 0. The Morgan fingerprint density at radius 2 is 2.15 bits per heavy atom. The molecule has 1 saturated heterocycles. The van der Waals surface area contributed by atoms with E-state index in [-0.39, 0.29) is 11.3 Å². The van der Waals surface area contributed by atoms with Gasteiger partial charge in [-0.3, -0.25) is 4.90 Å². The molecule has 0 amide bonds. The van der Waals surface area contributed by atoms with Crippen molar-refractivity contribution >= 4 is 17.5 Å². The van der Waals surface area contributed by atoms with E-state index in [1.807, 2.05) is 18.9 Å². The van der Waals surface area contributed by atoms with Gasteiger partial charge in [-0.15, -0.1) is 0 Å². The minimum Gasteiger partial charge on any atom is -0.464 e. The molecule has 2 heterocycles.